The number of hydrogen-bond donors (Lipinski definition) is 1. The Labute approximate surface area is 151 Å². The smallest absolute Gasteiger partial charge is 0.223 e. The SMILES string of the molecule is COc1nc2c(c(CO)c1-c1ccc3ccccc3n1)C(=O)CC(C)C2. The van der Waals surface area contributed by atoms with Crippen LogP contribution in [0.1, 0.15) is 35.0 Å². The van der Waals surface area contributed by atoms with E-state index in [1.165, 1.54) is 0 Å². The van der Waals surface area contributed by atoms with Crippen LogP contribution in [-0.2, 0) is 13.0 Å². The fourth-order valence-corrected chi connectivity index (χ4v) is 3.74. The molecule has 1 aliphatic rings. The van der Waals surface area contributed by atoms with Crippen molar-refractivity contribution in [2.45, 2.75) is 26.4 Å². The summed E-state index contributed by atoms with van der Waals surface area (Å²) in [4.78, 5) is 22.0. The zero-order valence-corrected chi connectivity index (χ0v) is 14.8. The Kier molecular flexibility index (Phi) is 4.17. The molecule has 2 aromatic heterocycles. The first kappa shape index (κ1) is 16.7. The first-order valence-corrected chi connectivity index (χ1v) is 8.72. The van der Waals surface area contributed by atoms with Crippen LogP contribution in [0.4, 0.5) is 0 Å². The van der Waals surface area contributed by atoms with Gasteiger partial charge in [0, 0.05) is 22.9 Å². The number of carbonyl (C=O) groups excluding carboxylic acids is 1. The van der Waals surface area contributed by atoms with Crippen molar-refractivity contribution in [2.75, 3.05) is 7.11 Å². The van der Waals surface area contributed by atoms with E-state index >= 15 is 0 Å². The van der Waals surface area contributed by atoms with Crippen LogP contribution in [0.3, 0.4) is 0 Å². The normalized spacial score (nSPS) is 16.6. The van der Waals surface area contributed by atoms with E-state index in [4.69, 9.17) is 9.72 Å². The molecule has 1 atom stereocenters. The third-order valence-electron chi connectivity index (χ3n) is 4.90. The molecule has 0 radical (unpaired) electrons. The Bertz CT molecular complexity index is 1010. The monoisotopic (exact) mass is 348 g/mol. The number of ketones is 1. The number of carbonyl (C=O) groups is 1. The molecule has 0 amide bonds. The van der Waals surface area contributed by atoms with Crippen molar-refractivity contribution in [3.63, 3.8) is 0 Å². The lowest BCUT2D eigenvalue weighted by Gasteiger charge is -2.24. The maximum atomic E-state index is 12.7. The Morgan fingerprint density at radius 3 is 2.69 bits per heavy atom. The fourth-order valence-electron chi connectivity index (χ4n) is 3.74. The van der Waals surface area contributed by atoms with E-state index in [2.05, 4.69) is 4.98 Å². The van der Waals surface area contributed by atoms with Gasteiger partial charge in [-0.05, 0) is 24.5 Å². The second kappa shape index (κ2) is 6.50. The lowest BCUT2D eigenvalue weighted by Crippen LogP contribution is -2.22. The third kappa shape index (κ3) is 2.65. The van der Waals surface area contributed by atoms with Crippen LogP contribution in [0, 0.1) is 5.92 Å². The van der Waals surface area contributed by atoms with Gasteiger partial charge in [-0.25, -0.2) is 9.97 Å². The summed E-state index contributed by atoms with van der Waals surface area (Å²) < 4.78 is 5.52. The van der Waals surface area contributed by atoms with E-state index < -0.39 is 0 Å². The summed E-state index contributed by atoms with van der Waals surface area (Å²) in [6.45, 7) is 1.78. The maximum Gasteiger partial charge on any atom is 0.223 e. The molecule has 26 heavy (non-hydrogen) atoms. The molecule has 0 aliphatic heterocycles. The van der Waals surface area contributed by atoms with Gasteiger partial charge in [0.25, 0.3) is 0 Å². The van der Waals surface area contributed by atoms with Gasteiger partial charge >= 0.3 is 0 Å². The molecular weight excluding hydrogens is 328 g/mol. The number of pyridine rings is 2. The van der Waals surface area contributed by atoms with Crippen LogP contribution in [0.5, 0.6) is 5.88 Å². The third-order valence-corrected chi connectivity index (χ3v) is 4.90. The van der Waals surface area contributed by atoms with Crippen LogP contribution in [0.15, 0.2) is 36.4 Å². The molecule has 0 spiro atoms. The van der Waals surface area contributed by atoms with Crippen LogP contribution in [0.25, 0.3) is 22.2 Å². The van der Waals surface area contributed by atoms with Crippen molar-refractivity contribution in [1.82, 2.24) is 9.97 Å². The number of Topliss-reactive ketones (excluding diaryl/α,β-unsaturated/α-hetero) is 1. The number of rotatable bonds is 3. The highest BCUT2D eigenvalue weighted by Crippen LogP contribution is 2.38. The van der Waals surface area contributed by atoms with E-state index in [9.17, 15) is 9.90 Å². The van der Waals surface area contributed by atoms with Crippen LogP contribution in [-0.4, -0.2) is 28.0 Å². The fraction of sp³-hybridized carbons (Fsp3) is 0.286. The molecule has 4 rings (SSSR count). The predicted octanol–water partition coefficient (Wildman–Crippen LogP) is 3.56. The molecule has 3 aromatic rings. The molecular formula is C21H20N2O3. The minimum absolute atomic E-state index is 0.0278. The van der Waals surface area contributed by atoms with E-state index in [0.29, 0.717) is 46.8 Å². The number of hydrogen-bond acceptors (Lipinski definition) is 5. The Morgan fingerprint density at radius 2 is 1.92 bits per heavy atom. The zero-order chi connectivity index (χ0) is 18.3. The largest absolute Gasteiger partial charge is 0.480 e. The Balaban J connectivity index is 2.00. The molecule has 0 saturated heterocycles. The Hall–Kier alpha value is -2.79. The number of fused-ring (bicyclic) bond motifs is 2. The molecule has 1 aromatic carbocycles. The summed E-state index contributed by atoms with van der Waals surface area (Å²) in [6.07, 6.45) is 1.18. The summed E-state index contributed by atoms with van der Waals surface area (Å²) in [5.41, 5.74) is 3.89. The first-order chi connectivity index (χ1) is 12.6. The molecule has 0 saturated carbocycles. The second-order valence-corrected chi connectivity index (χ2v) is 6.78. The quantitative estimate of drug-likeness (QED) is 0.783. The molecule has 132 valence electrons. The van der Waals surface area contributed by atoms with E-state index in [-0.39, 0.29) is 18.3 Å². The highest BCUT2D eigenvalue weighted by Gasteiger charge is 2.30. The predicted molar refractivity (Wildman–Crippen MR) is 99.3 cm³/mol. The van der Waals surface area contributed by atoms with Gasteiger partial charge in [-0.2, -0.15) is 0 Å². The van der Waals surface area contributed by atoms with Crippen molar-refractivity contribution in [2.24, 2.45) is 5.92 Å². The number of methoxy groups -OCH3 is 1. The summed E-state index contributed by atoms with van der Waals surface area (Å²) in [5, 5.41) is 11.1. The molecule has 5 heteroatoms. The highest BCUT2D eigenvalue weighted by molar-refractivity contribution is 6.01. The molecule has 1 unspecified atom stereocenters. The van der Waals surface area contributed by atoms with Gasteiger partial charge in [0.2, 0.25) is 5.88 Å². The Morgan fingerprint density at radius 1 is 1.12 bits per heavy atom. The number of aromatic nitrogens is 2. The van der Waals surface area contributed by atoms with Crippen molar-refractivity contribution in [3.05, 3.63) is 53.2 Å². The van der Waals surface area contributed by atoms with Gasteiger partial charge in [-0.15, -0.1) is 0 Å². The molecule has 0 fully saturated rings. The van der Waals surface area contributed by atoms with Gasteiger partial charge < -0.3 is 9.84 Å². The minimum atomic E-state index is -0.259. The van der Waals surface area contributed by atoms with Gasteiger partial charge in [0.15, 0.2) is 5.78 Å². The molecule has 5 nitrogen and oxygen atoms in total. The number of nitrogens with zero attached hydrogens (tertiary/aromatic N) is 2. The van der Waals surface area contributed by atoms with Crippen molar-refractivity contribution < 1.29 is 14.6 Å². The molecule has 0 bridgehead atoms. The number of ether oxygens (including phenoxy) is 1. The van der Waals surface area contributed by atoms with E-state index in [1.54, 1.807) is 7.11 Å². The lowest BCUT2D eigenvalue weighted by atomic mass is 9.83. The van der Waals surface area contributed by atoms with E-state index in [1.807, 2.05) is 43.3 Å². The van der Waals surface area contributed by atoms with E-state index in [0.717, 1.165) is 10.9 Å². The van der Waals surface area contributed by atoms with Gasteiger partial charge in [0.1, 0.15) is 0 Å². The second-order valence-electron chi connectivity index (χ2n) is 6.78. The number of aliphatic hydroxyl groups excluding tert-OH is 1. The van der Waals surface area contributed by atoms with Crippen molar-refractivity contribution in [3.8, 4) is 17.1 Å². The maximum absolute atomic E-state index is 12.7. The summed E-state index contributed by atoms with van der Waals surface area (Å²) in [5.74, 6) is 0.667. The number of aliphatic hydroxyl groups is 1. The van der Waals surface area contributed by atoms with Gasteiger partial charge in [0.05, 0.1) is 36.2 Å². The lowest BCUT2D eigenvalue weighted by molar-refractivity contribution is 0.0948. The first-order valence-electron chi connectivity index (χ1n) is 8.72. The van der Waals surface area contributed by atoms with Crippen LogP contribution >= 0.6 is 0 Å². The average Bonchev–Trinajstić information content (AvgIpc) is 2.65. The number of benzene rings is 1. The zero-order valence-electron chi connectivity index (χ0n) is 14.8. The summed E-state index contributed by atoms with van der Waals surface area (Å²) in [7, 11) is 1.55. The summed E-state index contributed by atoms with van der Waals surface area (Å²) >= 11 is 0. The van der Waals surface area contributed by atoms with Crippen molar-refractivity contribution in [1.29, 1.82) is 0 Å². The van der Waals surface area contributed by atoms with Crippen LogP contribution < -0.4 is 4.74 Å². The average molecular weight is 348 g/mol. The standard InChI is InChI=1S/C21H20N2O3/c1-12-9-17-19(18(25)10-12)14(11-24)20(21(23-17)26-2)16-8-7-13-5-3-4-6-15(13)22-16/h3-8,12,24H,9-11H2,1-2H3. The molecule has 2 heterocycles. The topological polar surface area (TPSA) is 72.3 Å². The number of para-hydroxylation sites is 1. The van der Waals surface area contributed by atoms with Gasteiger partial charge in [-0.1, -0.05) is 31.2 Å². The van der Waals surface area contributed by atoms with Gasteiger partial charge in [-0.3, -0.25) is 4.79 Å². The highest BCUT2D eigenvalue weighted by atomic mass is 16.5. The van der Waals surface area contributed by atoms with Crippen molar-refractivity contribution >= 4 is 16.7 Å². The van der Waals surface area contributed by atoms with Crippen LogP contribution in [0.2, 0.25) is 0 Å². The molecule has 1 N–H and O–H groups in total. The minimum Gasteiger partial charge on any atom is -0.480 e. The molecule has 1 aliphatic carbocycles. The summed E-state index contributed by atoms with van der Waals surface area (Å²) in [6, 6.07) is 11.7.